The van der Waals surface area contributed by atoms with Crippen molar-refractivity contribution in [2.45, 2.75) is 85.1 Å². The van der Waals surface area contributed by atoms with Crippen LogP contribution in [0.1, 0.15) is 75.9 Å². The number of carbonyl (C=O) groups is 2. The summed E-state index contributed by atoms with van der Waals surface area (Å²) in [6.07, 6.45) is 5.47. The molecule has 0 N–H and O–H groups in total. The fourth-order valence-corrected chi connectivity index (χ4v) is 6.90. The highest BCUT2D eigenvalue weighted by Crippen LogP contribution is 2.52. The fourth-order valence-electron chi connectivity index (χ4n) is 6.90. The molecule has 1 spiro atoms. The number of nitrogens with zero attached hydrogens (tertiary/aromatic N) is 5. The van der Waals surface area contributed by atoms with Gasteiger partial charge < -0.3 is 28.9 Å². The lowest BCUT2D eigenvalue weighted by Gasteiger charge is -2.59. The van der Waals surface area contributed by atoms with Gasteiger partial charge in [0.05, 0.1) is 11.8 Å². The molecular weight excluding hydrogens is 601 g/mol. The number of halogens is 1. The van der Waals surface area contributed by atoms with Crippen molar-refractivity contribution in [1.82, 2.24) is 19.8 Å². The van der Waals surface area contributed by atoms with Gasteiger partial charge in [-0.3, -0.25) is 4.79 Å². The smallest absolute Gasteiger partial charge is 0.410 e. The van der Waals surface area contributed by atoms with E-state index >= 15 is 0 Å². The molecule has 2 fully saturated rings. The molecule has 2 amide bonds. The Hall–Kier alpha value is -4.41. The first-order valence-electron chi connectivity index (χ1n) is 16.4. The third kappa shape index (κ3) is 6.84. The quantitative estimate of drug-likeness (QED) is 0.270. The molecule has 47 heavy (non-hydrogen) atoms. The van der Waals surface area contributed by atoms with Crippen LogP contribution in [0.3, 0.4) is 0 Å². The van der Waals surface area contributed by atoms with Gasteiger partial charge >= 0.3 is 6.09 Å². The van der Waals surface area contributed by atoms with Crippen molar-refractivity contribution >= 4 is 17.8 Å². The van der Waals surface area contributed by atoms with E-state index in [1.807, 2.05) is 53.7 Å². The van der Waals surface area contributed by atoms with Gasteiger partial charge in [-0.25, -0.2) is 19.2 Å². The second-order valence-corrected chi connectivity index (χ2v) is 14.2. The van der Waals surface area contributed by atoms with Crippen LogP contribution in [0.2, 0.25) is 0 Å². The van der Waals surface area contributed by atoms with Crippen molar-refractivity contribution in [2.75, 3.05) is 31.1 Å². The van der Waals surface area contributed by atoms with E-state index < -0.39 is 11.4 Å². The second kappa shape index (κ2) is 12.7. The molecule has 3 aliphatic rings. The monoisotopic (exact) mass is 645 g/mol. The number of aromatic nitrogens is 2. The van der Waals surface area contributed by atoms with Crippen molar-refractivity contribution in [3.05, 3.63) is 71.4 Å². The summed E-state index contributed by atoms with van der Waals surface area (Å²) in [5.41, 5.74) is 2.02. The molecule has 3 heterocycles. The predicted molar refractivity (Wildman–Crippen MR) is 175 cm³/mol. The zero-order valence-corrected chi connectivity index (χ0v) is 28.1. The number of carbonyl (C=O) groups excluding carboxylic acids is 2. The van der Waals surface area contributed by atoms with Gasteiger partial charge in [-0.05, 0) is 90.6 Å². The first kappa shape index (κ1) is 32.5. The Balaban J connectivity index is 1.08. The maximum atomic E-state index is 14.3. The molecule has 10 nitrogen and oxygen atoms in total. The Bertz CT molecular complexity index is 1640. The summed E-state index contributed by atoms with van der Waals surface area (Å²) in [5.74, 6) is 1.42. The molecule has 0 unspecified atom stereocenters. The summed E-state index contributed by atoms with van der Waals surface area (Å²) in [6, 6.07) is 10.0. The molecule has 0 atom stereocenters. The number of hydrogen-bond donors (Lipinski definition) is 0. The van der Waals surface area contributed by atoms with Gasteiger partial charge in [0.1, 0.15) is 35.3 Å². The van der Waals surface area contributed by atoms with Crippen molar-refractivity contribution < 1.29 is 28.2 Å². The first-order chi connectivity index (χ1) is 22.3. The zero-order chi connectivity index (χ0) is 33.5. The van der Waals surface area contributed by atoms with Crippen LogP contribution in [0.25, 0.3) is 0 Å². The molecule has 0 bridgehead atoms. The highest BCUT2D eigenvalue weighted by molar-refractivity contribution is 5.97. The van der Waals surface area contributed by atoms with E-state index in [0.29, 0.717) is 31.2 Å². The van der Waals surface area contributed by atoms with Crippen LogP contribution in [-0.2, 0) is 17.7 Å². The molecule has 1 saturated carbocycles. The van der Waals surface area contributed by atoms with Crippen LogP contribution < -0.4 is 14.4 Å². The Labute approximate surface area is 275 Å². The lowest BCUT2D eigenvalue weighted by molar-refractivity contribution is -0.0351. The predicted octanol–water partition coefficient (Wildman–Crippen LogP) is 6.62. The normalized spacial score (nSPS) is 17.1. The Morgan fingerprint density at radius 2 is 1.87 bits per heavy atom. The Kier molecular flexibility index (Phi) is 8.76. The van der Waals surface area contributed by atoms with Crippen molar-refractivity contribution in [2.24, 2.45) is 5.41 Å². The first-order valence-corrected chi connectivity index (χ1v) is 16.4. The highest BCUT2D eigenvalue weighted by Gasteiger charge is 2.54. The third-order valence-electron chi connectivity index (χ3n) is 9.12. The minimum atomic E-state index is -0.529. The third-order valence-corrected chi connectivity index (χ3v) is 9.12. The van der Waals surface area contributed by atoms with Crippen LogP contribution in [0.4, 0.5) is 15.0 Å². The lowest BCUT2D eigenvalue weighted by Crippen LogP contribution is -2.65. The Morgan fingerprint density at radius 1 is 1.11 bits per heavy atom. The van der Waals surface area contributed by atoms with E-state index in [1.54, 1.807) is 16.0 Å². The van der Waals surface area contributed by atoms with E-state index in [2.05, 4.69) is 20.9 Å². The fraction of sp³-hybridized carbons (Fsp3) is 0.500. The average Bonchev–Trinajstić information content (AvgIpc) is 2.98. The molecule has 1 aromatic heterocycles. The van der Waals surface area contributed by atoms with Gasteiger partial charge in [0, 0.05) is 49.7 Å². The van der Waals surface area contributed by atoms with Crippen molar-refractivity contribution in [3.8, 4) is 17.2 Å². The van der Waals surface area contributed by atoms with Gasteiger partial charge in [-0.1, -0.05) is 12.1 Å². The SMILES string of the molecule is CCN(C(=O)c1cc(F)ccc1Oc1cncnc1N1CC2(CC(Oc3cccc4c3CCN(C(=O)OC(C)(C)C)C4)C2)C1)C(C)C. The second-order valence-electron chi connectivity index (χ2n) is 14.2. The lowest BCUT2D eigenvalue weighted by atomic mass is 9.61. The topological polar surface area (TPSA) is 97.3 Å². The largest absolute Gasteiger partial charge is 0.490 e. The van der Waals surface area contributed by atoms with Crippen molar-refractivity contribution in [3.63, 3.8) is 0 Å². The van der Waals surface area contributed by atoms with Gasteiger partial charge in [0.2, 0.25) is 0 Å². The number of rotatable bonds is 8. The minimum absolute atomic E-state index is 0.0476. The summed E-state index contributed by atoms with van der Waals surface area (Å²) in [7, 11) is 0. The van der Waals surface area contributed by atoms with E-state index in [1.165, 1.54) is 30.1 Å². The standard InChI is InChI=1S/C36H44FN5O5/c1-7-42(23(2)3)33(43)28-15-25(37)11-12-30(28)46-31-18-38-22-39-32(31)41-20-36(21-41)16-26(17-36)45-29-10-8-9-24-19-40(14-13-27(24)29)34(44)47-35(4,5)6/h8-12,15,18,22-23,26H,7,13-14,16-17,19-21H2,1-6H3. The summed E-state index contributed by atoms with van der Waals surface area (Å²) in [5, 5.41) is 0. The molecule has 2 aliphatic heterocycles. The van der Waals surface area contributed by atoms with E-state index in [4.69, 9.17) is 14.2 Å². The van der Waals surface area contributed by atoms with Crippen LogP contribution in [0, 0.1) is 11.2 Å². The molecule has 3 aromatic rings. The van der Waals surface area contributed by atoms with Gasteiger partial charge in [-0.15, -0.1) is 0 Å². The summed E-state index contributed by atoms with van der Waals surface area (Å²) >= 11 is 0. The summed E-state index contributed by atoms with van der Waals surface area (Å²) in [6.45, 7) is 14.6. The molecule has 0 radical (unpaired) electrons. The zero-order valence-electron chi connectivity index (χ0n) is 28.1. The van der Waals surface area contributed by atoms with E-state index in [-0.39, 0.29) is 40.9 Å². The van der Waals surface area contributed by atoms with Crippen LogP contribution in [0.5, 0.6) is 17.2 Å². The minimum Gasteiger partial charge on any atom is -0.490 e. The highest BCUT2D eigenvalue weighted by atomic mass is 19.1. The summed E-state index contributed by atoms with van der Waals surface area (Å²) in [4.78, 5) is 40.2. The molecule has 1 saturated heterocycles. The molecule has 11 heteroatoms. The molecule has 2 aromatic carbocycles. The number of ether oxygens (including phenoxy) is 3. The molecule has 6 rings (SSSR count). The van der Waals surface area contributed by atoms with E-state index in [0.717, 1.165) is 43.7 Å². The van der Waals surface area contributed by atoms with Crippen LogP contribution in [0.15, 0.2) is 48.9 Å². The summed E-state index contributed by atoms with van der Waals surface area (Å²) < 4.78 is 32.6. The number of benzene rings is 2. The van der Waals surface area contributed by atoms with Crippen LogP contribution >= 0.6 is 0 Å². The molecule has 250 valence electrons. The van der Waals surface area contributed by atoms with Gasteiger partial charge in [0.15, 0.2) is 11.6 Å². The molecular formula is C36H44FN5O5. The van der Waals surface area contributed by atoms with Crippen LogP contribution in [-0.4, -0.2) is 75.7 Å². The van der Waals surface area contributed by atoms with Gasteiger partial charge in [-0.2, -0.15) is 0 Å². The molecule has 1 aliphatic carbocycles. The maximum absolute atomic E-state index is 14.3. The van der Waals surface area contributed by atoms with Gasteiger partial charge in [0.25, 0.3) is 5.91 Å². The average molecular weight is 646 g/mol. The Morgan fingerprint density at radius 3 is 2.57 bits per heavy atom. The van der Waals surface area contributed by atoms with Crippen molar-refractivity contribution in [1.29, 1.82) is 0 Å². The number of fused-ring (bicyclic) bond motifs is 1. The number of anilines is 1. The number of amides is 2. The number of hydrogen-bond acceptors (Lipinski definition) is 8. The van der Waals surface area contributed by atoms with E-state index in [9.17, 15) is 14.0 Å². The maximum Gasteiger partial charge on any atom is 0.410 e.